The summed E-state index contributed by atoms with van der Waals surface area (Å²) in [5.41, 5.74) is -0.0822. The second-order valence-corrected chi connectivity index (χ2v) is 7.94. The lowest BCUT2D eigenvalue weighted by molar-refractivity contribution is 0.0598. The van der Waals surface area contributed by atoms with Crippen molar-refractivity contribution in [3.05, 3.63) is 29.3 Å². The largest absolute Gasteiger partial charge is 0.465 e. The van der Waals surface area contributed by atoms with Gasteiger partial charge in [-0.15, -0.1) is 0 Å². The van der Waals surface area contributed by atoms with Gasteiger partial charge in [-0.1, -0.05) is 13.8 Å². The Hall–Kier alpha value is -1.93. The van der Waals surface area contributed by atoms with Crippen LogP contribution in [-0.2, 0) is 19.5 Å². The van der Waals surface area contributed by atoms with Crippen molar-refractivity contribution in [2.45, 2.75) is 44.6 Å². The fourth-order valence-corrected chi connectivity index (χ4v) is 3.55. The van der Waals surface area contributed by atoms with E-state index in [9.17, 15) is 18.0 Å². The molecule has 0 saturated carbocycles. The molecule has 0 amide bonds. The van der Waals surface area contributed by atoms with Gasteiger partial charge in [-0.25, -0.2) is 22.7 Å². The summed E-state index contributed by atoms with van der Waals surface area (Å²) < 4.78 is 37.0. The van der Waals surface area contributed by atoms with Crippen molar-refractivity contribution in [1.82, 2.24) is 4.72 Å². The van der Waals surface area contributed by atoms with Crippen LogP contribution >= 0.6 is 0 Å². The van der Waals surface area contributed by atoms with E-state index in [-0.39, 0.29) is 22.1 Å². The Morgan fingerprint density at radius 1 is 0.960 bits per heavy atom. The van der Waals surface area contributed by atoms with Gasteiger partial charge in [0.15, 0.2) is 0 Å². The number of esters is 2. The van der Waals surface area contributed by atoms with Gasteiger partial charge in [0.1, 0.15) is 0 Å². The second-order valence-electron chi connectivity index (χ2n) is 6.22. The normalized spacial score (nSPS) is 12.7. The van der Waals surface area contributed by atoms with Crippen LogP contribution in [-0.4, -0.2) is 40.6 Å². The molecule has 0 saturated heterocycles. The van der Waals surface area contributed by atoms with Crippen LogP contribution in [0.15, 0.2) is 23.1 Å². The van der Waals surface area contributed by atoms with Crippen LogP contribution in [0, 0.1) is 5.92 Å². The number of methoxy groups -OCH3 is 2. The molecule has 0 aromatic heterocycles. The summed E-state index contributed by atoms with van der Waals surface area (Å²) in [6.07, 6.45) is 1.55. The molecule has 0 unspecified atom stereocenters. The minimum Gasteiger partial charge on any atom is -0.465 e. The van der Waals surface area contributed by atoms with Crippen LogP contribution in [0.1, 0.15) is 54.3 Å². The van der Waals surface area contributed by atoms with Gasteiger partial charge in [0.05, 0.1) is 30.2 Å². The molecule has 0 heterocycles. The highest BCUT2D eigenvalue weighted by molar-refractivity contribution is 7.89. The first kappa shape index (κ1) is 21.1. The van der Waals surface area contributed by atoms with Crippen LogP contribution in [0.4, 0.5) is 0 Å². The summed E-state index contributed by atoms with van der Waals surface area (Å²) >= 11 is 0. The number of nitrogens with one attached hydrogen (secondary N) is 1. The fraction of sp³-hybridized carbons (Fsp3) is 0.529. The third-order valence-electron chi connectivity index (χ3n) is 3.59. The van der Waals surface area contributed by atoms with Gasteiger partial charge < -0.3 is 9.47 Å². The summed E-state index contributed by atoms with van der Waals surface area (Å²) in [7, 11) is -1.55. The van der Waals surface area contributed by atoms with Crippen LogP contribution in [0.3, 0.4) is 0 Å². The summed E-state index contributed by atoms with van der Waals surface area (Å²) in [6.45, 7) is 5.89. The molecule has 0 radical (unpaired) electrons. The van der Waals surface area contributed by atoms with Crippen LogP contribution < -0.4 is 4.72 Å². The summed E-state index contributed by atoms with van der Waals surface area (Å²) in [5.74, 6) is -1.02. The first-order valence-corrected chi connectivity index (χ1v) is 9.43. The molecule has 1 rings (SSSR count). The first-order valence-electron chi connectivity index (χ1n) is 7.94. The van der Waals surface area contributed by atoms with Crippen LogP contribution in [0.2, 0.25) is 0 Å². The van der Waals surface area contributed by atoms with E-state index >= 15 is 0 Å². The Labute approximate surface area is 148 Å². The molecule has 0 aliphatic carbocycles. The first-order chi connectivity index (χ1) is 11.6. The minimum absolute atomic E-state index is 0.0411. The Kier molecular flexibility index (Phi) is 7.57. The van der Waals surface area contributed by atoms with Crippen molar-refractivity contribution in [2.24, 2.45) is 5.92 Å². The van der Waals surface area contributed by atoms with Crippen molar-refractivity contribution >= 4 is 22.0 Å². The third kappa shape index (κ3) is 6.13. The monoisotopic (exact) mass is 371 g/mol. The van der Waals surface area contributed by atoms with Gasteiger partial charge in [-0.3, -0.25) is 0 Å². The second kappa shape index (κ2) is 8.96. The standard InChI is InChI=1S/C17H25NO6S/c1-11(2)6-7-12(3)18-25(21,22)15-9-13(16(19)23-4)8-14(10-15)17(20)24-5/h8-12,18H,6-7H2,1-5H3/t12-/m1/s1. The van der Waals surface area contributed by atoms with Gasteiger partial charge >= 0.3 is 11.9 Å². The molecule has 1 N–H and O–H groups in total. The lowest BCUT2D eigenvalue weighted by atomic mass is 10.1. The maximum absolute atomic E-state index is 12.6. The maximum atomic E-state index is 12.6. The molecular formula is C17H25NO6S. The number of hydrogen-bond donors (Lipinski definition) is 1. The molecule has 0 bridgehead atoms. The average Bonchev–Trinajstić information content (AvgIpc) is 2.57. The predicted molar refractivity (Wildman–Crippen MR) is 93.0 cm³/mol. The van der Waals surface area contributed by atoms with Gasteiger partial charge in [-0.05, 0) is 43.9 Å². The van der Waals surface area contributed by atoms with E-state index in [4.69, 9.17) is 0 Å². The Morgan fingerprint density at radius 2 is 1.44 bits per heavy atom. The van der Waals surface area contributed by atoms with Crippen molar-refractivity contribution in [2.75, 3.05) is 14.2 Å². The van der Waals surface area contributed by atoms with Gasteiger partial charge in [0.25, 0.3) is 0 Å². The lowest BCUT2D eigenvalue weighted by Crippen LogP contribution is -2.33. The number of ether oxygens (including phenoxy) is 2. The zero-order valence-corrected chi connectivity index (χ0v) is 16.0. The number of rotatable bonds is 8. The molecule has 25 heavy (non-hydrogen) atoms. The quantitative estimate of drug-likeness (QED) is 0.704. The molecule has 0 spiro atoms. The average molecular weight is 371 g/mol. The van der Waals surface area contributed by atoms with E-state index in [2.05, 4.69) is 28.0 Å². The van der Waals surface area contributed by atoms with Crippen LogP contribution in [0.25, 0.3) is 0 Å². The van der Waals surface area contributed by atoms with E-state index in [1.807, 2.05) is 0 Å². The zero-order chi connectivity index (χ0) is 19.2. The summed E-state index contributed by atoms with van der Waals surface area (Å²) in [6, 6.07) is 3.31. The minimum atomic E-state index is -3.90. The Bertz CT molecular complexity index is 692. The molecule has 0 fully saturated rings. The molecule has 0 aliphatic heterocycles. The molecule has 8 heteroatoms. The number of hydrogen-bond acceptors (Lipinski definition) is 6. The van der Waals surface area contributed by atoms with Gasteiger partial charge in [-0.2, -0.15) is 0 Å². The molecular weight excluding hydrogens is 346 g/mol. The SMILES string of the molecule is COC(=O)c1cc(C(=O)OC)cc(S(=O)(=O)N[C@H](C)CCC(C)C)c1. The molecule has 1 aromatic carbocycles. The molecule has 0 aliphatic rings. The number of benzene rings is 1. The Balaban J connectivity index is 3.20. The van der Waals surface area contributed by atoms with E-state index in [1.54, 1.807) is 6.92 Å². The highest BCUT2D eigenvalue weighted by Gasteiger charge is 2.22. The summed E-state index contributed by atoms with van der Waals surface area (Å²) in [4.78, 5) is 23.3. The van der Waals surface area contributed by atoms with E-state index in [0.717, 1.165) is 6.42 Å². The van der Waals surface area contributed by atoms with Gasteiger partial charge in [0.2, 0.25) is 10.0 Å². The van der Waals surface area contributed by atoms with Crippen LogP contribution in [0.5, 0.6) is 0 Å². The third-order valence-corrected chi connectivity index (χ3v) is 5.16. The molecule has 1 atom stereocenters. The number of carbonyl (C=O) groups excluding carboxylic acids is 2. The maximum Gasteiger partial charge on any atom is 0.337 e. The van der Waals surface area contributed by atoms with E-state index in [1.165, 1.54) is 32.4 Å². The smallest absolute Gasteiger partial charge is 0.337 e. The lowest BCUT2D eigenvalue weighted by Gasteiger charge is -2.16. The van der Waals surface area contributed by atoms with Crippen molar-refractivity contribution in [3.8, 4) is 0 Å². The number of carbonyl (C=O) groups is 2. The predicted octanol–water partition coefficient (Wildman–Crippen LogP) is 2.36. The van der Waals surface area contributed by atoms with Crippen molar-refractivity contribution < 1.29 is 27.5 Å². The summed E-state index contributed by atoms with van der Waals surface area (Å²) in [5, 5.41) is 0. The van der Waals surface area contributed by atoms with Crippen molar-refractivity contribution in [1.29, 1.82) is 0 Å². The van der Waals surface area contributed by atoms with E-state index < -0.39 is 22.0 Å². The van der Waals surface area contributed by atoms with Gasteiger partial charge in [0, 0.05) is 6.04 Å². The topological polar surface area (TPSA) is 98.8 Å². The Morgan fingerprint density at radius 3 is 1.84 bits per heavy atom. The highest BCUT2D eigenvalue weighted by atomic mass is 32.2. The number of sulfonamides is 1. The molecule has 1 aromatic rings. The van der Waals surface area contributed by atoms with Crippen molar-refractivity contribution in [3.63, 3.8) is 0 Å². The molecule has 7 nitrogen and oxygen atoms in total. The highest BCUT2D eigenvalue weighted by Crippen LogP contribution is 2.18. The zero-order valence-electron chi connectivity index (χ0n) is 15.2. The molecule has 140 valence electrons. The fourth-order valence-electron chi connectivity index (χ4n) is 2.20. The van der Waals surface area contributed by atoms with E-state index in [0.29, 0.717) is 12.3 Å².